The molecule has 0 bridgehead atoms. The highest BCUT2D eigenvalue weighted by Crippen LogP contribution is 2.76. The van der Waals surface area contributed by atoms with Gasteiger partial charge in [-0.05, 0) is 118 Å². The van der Waals surface area contributed by atoms with Gasteiger partial charge in [-0.25, -0.2) is 0 Å². The Labute approximate surface area is 321 Å². The second kappa shape index (κ2) is 15.3. The van der Waals surface area contributed by atoms with Crippen LogP contribution < -0.4 is 0 Å². The molecule has 0 aromatic heterocycles. The average Bonchev–Trinajstić information content (AvgIpc) is 3.48. The van der Waals surface area contributed by atoms with Crippen LogP contribution >= 0.6 is 0 Å². The summed E-state index contributed by atoms with van der Waals surface area (Å²) in [5.74, 6) is 0.165. The minimum atomic E-state index is -1.68. The van der Waals surface area contributed by atoms with Crippen LogP contribution in [0, 0.1) is 45.3 Å². The molecule has 2 aliphatic heterocycles. The van der Waals surface area contributed by atoms with E-state index in [0.717, 1.165) is 25.7 Å². The third-order valence-electron chi connectivity index (χ3n) is 16.0. The molecule has 4 aliphatic carbocycles. The van der Waals surface area contributed by atoms with Crippen LogP contribution in [0.5, 0.6) is 0 Å². The molecule has 0 radical (unpaired) electrons. The zero-order valence-electron chi connectivity index (χ0n) is 33.8. The normalized spacial score (nSPS) is 53.3. The van der Waals surface area contributed by atoms with Gasteiger partial charge >= 0.3 is 0 Å². The second-order valence-electron chi connectivity index (χ2n) is 19.6. The van der Waals surface area contributed by atoms with Crippen molar-refractivity contribution in [3.63, 3.8) is 0 Å². The van der Waals surface area contributed by atoms with Crippen LogP contribution in [-0.2, 0) is 18.9 Å². The zero-order chi connectivity index (χ0) is 39.9. The van der Waals surface area contributed by atoms with Crippen molar-refractivity contribution in [3.05, 3.63) is 23.3 Å². The fourth-order valence-corrected chi connectivity index (χ4v) is 12.9. The van der Waals surface area contributed by atoms with E-state index in [1.54, 1.807) is 0 Å². The standard InChI is InChI=1S/C42H70O12/c1-20(2)11-10-12-21(3)23-13-16-41(8)29(23)24(44)17-27-40(7)15-14-28(45)39(5,6)36(40)25(18-42(27,41)9)52-38-35(33(49)31(47)26(19-43)53-38)54-37-34(50)32(48)30(46)22(4)51-37/h11-12,22-38,43-50H,10,13-19H2,1-9H3/t22-,23+,24+,25-,26+,27+,28-,29-,30-,31+,32+,33-,34-,35+,36-,37+,38?,40+,41+,42+/m0/s1. The Morgan fingerprint density at radius 2 is 1.44 bits per heavy atom. The number of hydrogen-bond acceptors (Lipinski definition) is 12. The van der Waals surface area contributed by atoms with Crippen LogP contribution in [0.15, 0.2) is 23.3 Å². The van der Waals surface area contributed by atoms with E-state index < -0.39 is 91.7 Å². The number of rotatable bonds is 8. The van der Waals surface area contributed by atoms with Gasteiger partial charge in [0.2, 0.25) is 0 Å². The lowest BCUT2D eigenvalue weighted by atomic mass is 9.34. The Morgan fingerprint density at radius 1 is 0.759 bits per heavy atom. The largest absolute Gasteiger partial charge is 0.394 e. The van der Waals surface area contributed by atoms with Gasteiger partial charge in [-0.3, -0.25) is 0 Å². The molecule has 12 nitrogen and oxygen atoms in total. The Morgan fingerprint density at radius 3 is 2.09 bits per heavy atom. The lowest BCUT2D eigenvalue weighted by molar-refractivity contribution is -0.381. The highest BCUT2D eigenvalue weighted by molar-refractivity contribution is 5.24. The van der Waals surface area contributed by atoms with Crippen molar-refractivity contribution in [1.29, 1.82) is 0 Å². The molecule has 0 spiro atoms. The highest BCUT2D eigenvalue weighted by Gasteiger charge is 2.73. The highest BCUT2D eigenvalue weighted by atomic mass is 16.8. The molecular formula is C42H70O12. The quantitative estimate of drug-likeness (QED) is 0.133. The van der Waals surface area contributed by atoms with Gasteiger partial charge in [0.15, 0.2) is 12.6 Å². The van der Waals surface area contributed by atoms with Crippen molar-refractivity contribution in [2.75, 3.05) is 6.61 Å². The number of allylic oxidation sites excluding steroid dienone is 4. The molecule has 6 aliphatic rings. The van der Waals surface area contributed by atoms with E-state index in [4.69, 9.17) is 18.9 Å². The van der Waals surface area contributed by atoms with E-state index in [0.29, 0.717) is 19.3 Å². The molecule has 1 unspecified atom stereocenters. The van der Waals surface area contributed by atoms with Crippen LogP contribution in [0.25, 0.3) is 0 Å². The summed E-state index contributed by atoms with van der Waals surface area (Å²) >= 11 is 0. The summed E-state index contributed by atoms with van der Waals surface area (Å²) in [5.41, 5.74) is 1.01. The summed E-state index contributed by atoms with van der Waals surface area (Å²) in [7, 11) is 0. The first-order valence-electron chi connectivity index (χ1n) is 20.4. The number of aliphatic hydroxyl groups excluding tert-OH is 8. The van der Waals surface area contributed by atoms with E-state index in [1.165, 1.54) is 18.1 Å². The summed E-state index contributed by atoms with van der Waals surface area (Å²) in [6.07, 6.45) is -6.05. The van der Waals surface area contributed by atoms with Gasteiger partial charge in [0.25, 0.3) is 0 Å². The summed E-state index contributed by atoms with van der Waals surface area (Å²) in [6, 6.07) is 0. The maximum absolute atomic E-state index is 12.2. The molecule has 0 aromatic carbocycles. The first kappa shape index (κ1) is 42.6. The Hall–Kier alpha value is -1.00. The molecule has 6 rings (SSSR count). The molecule has 2 heterocycles. The van der Waals surface area contributed by atoms with Gasteiger partial charge in [-0.2, -0.15) is 0 Å². The lowest BCUT2D eigenvalue weighted by Gasteiger charge is -2.72. The Balaban J connectivity index is 1.39. The van der Waals surface area contributed by atoms with Crippen molar-refractivity contribution in [1.82, 2.24) is 0 Å². The Bertz CT molecular complexity index is 1400. The summed E-state index contributed by atoms with van der Waals surface area (Å²) in [4.78, 5) is 0. The van der Waals surface area contributed by atoms with Crippen LogP contribution in [-0.4, -0.2) is 127 Å². The van der Waals surface area contributed by atoms with Crippen molar-refractivity contribution in [3.8, 4) is 0 Å². The van der Waals surface area contributed by atoms with Gasteiger partial charge in [0.1, 0.15) is 42.7 Å². The van der Waals surface area contributed by atoms with Gasteiger partial charge in [-0.15, -0.1) is 0 Å². The van der Waals surface area contributed by atoms with Gasteiger partial charge < -0.3 is 59.8 Å². The molecule has 310 valence electrons. The molecule has 54 heavy (non-hydrogen) atoms. The van der Waals surface area contributed by atoms with E-state index in [9.17, 15) is 40.9 Å². The third-order valence-corrected chi connectivity index (χ3v) is 16.0. The Kier molecular flexibility index (Phi) is 12.1. The minimum Gasteiger partial charge on any atom is -0.394 e. The number of hydrogen-bond donors (Lipinski definition) is 8. The fraction of sp³-hybridized carbons (Fsp3) is 0.905. The molecule has 8 N–H and O–H groups in total. The number of aliphatic hydroxyl groups is 8. The lowest BCUT2D eigenvalue weighted by Crippen LogP contribution is -2.71. The predicted molar refractivity (Wildman–Crippen MR) is 199 cm³/mol. The van der Waals surface area contributed by atoms with Crippen molar-refractivity contribution in [2.45, 2.75) is 187 Å². The van der Waals surface area contributed by atoms with E-state index >= 15 is 0 Å². The van der Waals surface area contributed by atoms with E-state index in [-0.39, 0.29) is 39.9 Å². The second-order valence-corrected chi connectivity index (χ2v) is 19.6. The number of fused-ring (bicyclic) bond motifs is 5. The molecule has 0 aromatic rings. The summed E-state index contributed by atoms with van der Waals surface area (Å²) in [6.45, 7) is 18.5. The maximum Gasteiger partial charge on any atom is 0.187 e. The molecular weight excluding hydrogens is 696 g/mol. The third kappa shape index (κ3) is 6.79. The average molecular weight is 767 g/mol. The monoisotopic (exact) mass is 766 g/mol. The molecule has 2 saturated heterocycles. The minimum absolute atomic E-state index is 0.0381. The molecule has 4 saturated carbocycles. The first-order valence-corrected chi connectivity index (χ1v) is 20.4. The molecule has 0 amide bonds. The molecule has 6 fully saturated rings. The molecule has 12 heteroatoms. The van der Waals surface area contributed by atoms with Crippen LogP contribution in [0.1, 0.15) is 107 Å². The van der Waals surface area contributed by atoms with Gasteiger partial charge in [0.05, 0.1) is 31.0 Å². The summed E-state index contributed by atoms with van der Waals surface area (Å²) in [5, 5.41) is 88.2. The SMILES string of the molecule is CC(C)=CCC=C(C)[C@H]1CC[C@]2(C)[C@@H]1[C@H](O)C[C@@H]1[C@@]3(C)CC[C@H](O)C(C)(C)[C@@H]3[C@@H](OC3O[C@H](CO)[C@@H](O)[C@H](O)[C@H]3O[C@H]3O[C@@H](C)[C@H](O)[C@@H](O)[C@@H]3O)C[C@]12C. The number of ether oxygens (including phenoxy) is 4. The van der Waals surface area contributed by atoms with Crippen molar-refractivity contribution in [2.24, 2.45) is 45.3 Å². The van der Waals surface area contributed by atoms with Crippen molar-refractivity contribution >= 4 is 0 Å². The van der Waals surface area contributed by atoms with Crippen LogP contribution in [0.2, 0.25) is 0 Å². The van der Waals surface area contributed by atoms with E-state index in [2.05, 4.69) is 67.5 Å². The molecule has 20 atom stereocenters. The zero-order valence-corrected chi connectivity index (χ0v) is 33.8. The van der Waals surface area contributed by atoms with E-state index in [1.807, 2.05) is 0 Å². The maximum atomic E-state index is 12.2. The topological polar surface area (TPSA) is 199 Å². The van der Waals surface area contributed by atoms with Crippen LogP contribution in [0.3, 0.4) is 0 Å². The van der Waals surface area contributed by atoms with Crippen molar-refractivity contribution < 1.29 is 59.8 Å². The summed E-state index contributed by atoms with van der Waals surface area (Å²) < 4.78 is 25.2. The smallest absolute Gasteiger partial charge is 0.187 e. The first-order chi connectivity index (χ1) is 25.1. The van der Waals surface area contributed by atoms with Crippen LogP contribution in [0.4, 0.5) is 0 Å². The predicted octanol–water partition coefficient (Wildman–Crippen LogP) is 2.95. The van der Waals surface area contributed by atoms with Gasteiger partial charge in [-0.1, -0.05) is 57.9 Å². The van der Waals surface area contributed by atoms with Gasteiger partial charge in [0, 0.05) is 0 Å². The fourth-order valence-electron chi connectivity index (χ4n) is 12.9.